The van der Waals surface area contributed by atoms with E-state index in [9.17, 15) is 4.79 Å². The van der Waals surface area contributed by atoms with Crippen LogP contribution in [0.2, 0.25) is 0 Å². The molecular weight excluding hydrogens is 296 g/mol. The van der Waals surface area contributed by atoms with Gasteiger partial charge in [-0.2, -0.15) is 0 Å². The molecule has 0 radical (unpaired) electrons. The number of benzene rings is 1. The number of hydrogen-bond donors (Lipinski definition) is 1. The zero-order valence-corrected chi connectivity index (χ0v) is 14.4. The van der Waals surface area contributed by atoms with E-state index in [-0.39, 0.29) is 12.4 Å². The average molecular weight is 323 g/mol. The number of amides is 1. The highest BCUT2D eigenvalue weighted by molar-refractivity contribution is 5.85. The van der Waals surface area contributed by atoms with Crippen LogP contribution in [-0.2, 0) is 11.2 Å². The highest BCUT2D eigenvalue weighted by Gasteiger charge is 2.36. The van der Waals surface area contributed by atoms with E-state index in [1.807, 2.05) is 11.9 Å². The second-order valence-corrected chi connectivity index (χ2v) is 6.75. The van der Waals surface area contributed by atoms with Gasteiger partial charge in [0, 0.05) is 31.6 Å². The zero-order chi connectivity index (χ0) is 14.8. The summed E-state index contributed by atoms with van der Waals surface area (Å²) in [5, 5.41) is 3.64. The highest BCUT2D eigenvalue weighted by Crippen LogP contribution is 2.29. The molecule has 2 fully saturated rings. The van der Waals surface area contributed by atoms with Gasteiger partial charge in [0.25, 0.3) is 0 Å². The van der Waals surface area contributed by atoms with Gasteiger partial charge in [-0.15, -0.1) is 12.4 Å². The van der Waals surface area contributed by atoms with Crippen LogP contribution in [0.3, 0.4) is 0 Å². The molecule has 1 aromatic carbocycles. The summed E-state index contributed by atoms with van der Waals surface area (Å²) in [7, 11) is 1.99. The molecule has 1 aromatic rings. The predicted molar refractivity (Wildman–Crippen MR) is 92.5 cm³/mol. The fourth-order valence-electron chi connectivity index (χ4n) is 3.73. The minimum Gasteiger partial charge on any atom is -0.343 e. The fraction of sp³-hybridized carbons (Fsp3) is 0.611. The van der Waals surface area contributed by atoms with E-state index in [1.54, 1.807) is 0 Å². The van der Waals surface area contributed by atoms with Crippen LogP contribution in [0.1, 0.15) is 43.2 Å². The fourth-order valence-corrected chi connectivity index (χ4v) is 3.73. The Balaban J connectivity index is 0.00000176. The SMILES string of the molecule is Cc1ccc(CCC(=O)N(C)C2CC3CCC(C2)N3)cc1.Cl. The number of fused-ring (bicyclic) bond motifs is 2. The highest BCUT2D eigenvalue weighted by atomic mass is 35.5. The molecule has 2 atom stereocenters. The van der Waals surface area contributed by atoms with Gasteiger partial charge in [-0.3, -0.25) is 4.79 Å². The molecule has 2 unspecified atom stereocenters. The molecule has 1 amide bonds. The molecule has 22 heavy (non-hydrogen) atoms. The second-order valence-electron chi connectivity index (χ2n) is 6.75. The molecular formula is C18H27ClN2O. The lowest BCUT2D eigenvalue weighted by Gasteiger charge is -2.35. The quantitative estimate of drug-likeness (QED) is 0.924. The molecule has 0 aliphatic carbocycles. The van der Waals surface area contributed by atoms with Crippen molar-refractivity contribution in [3.05, 3.63) is 35.4 Å². The Labute approximate surface area is 139 Å². The van der Waals surface area contributed by atoms with Crippen LogP contribution >= 0.6 is 12.4 Å². The van der Waals surface area contributed by atoms with Gasteiger partial charge >= 0.3 is 0 Å². The smallest absolute Gasteiger partial charge is 0.222 e. The van der Waals surface area contributed by atoms with Crippen molar-refractivity contribution in [2.24, 2.45) is 0 Å². The van der Waals surface area contributed by atoms with Gasteiger partial charge < -0.3 is 10.2 Å². The van der Waals surface area contributed by atoms with Crippen molar-refractivity contribution in [2.75, 3.05) is 7.05 Å². The van der Waals surface area contributed by atoms with Crippen molar-refractivity contribution >= 4 is 18.3 Å². The number of rotatable bonds is 4. The molecule has 2 aliphatic rings. The maximum atomic E-state index is 12.4. The minimum atomic E-state index is 0. The summed E-state index contributed by atoms with van der Waals surface area (Å²) < 4.78 is 0. The van der Waals surface area contributed by atoms with Crippen molar-refractivity contribution in [1.29, 1.82) is 0 Å². The van der Waals surface area contributed by atoms with Crippen LogP contribution in [0, 0.1) is 6.92 Å². The number of nitrogens with zero attached hydrogens (tertiary/aromatic N) is 1. The van der Waals surface area contributed by atoms with E-state index in [2.05, 4.69) is 36.5 Å². The first kappa shape index (κ1) is 17.3. The molecule has 122 valence electrons. The summed E-state index contributed by atoms with van der Waals surface area (Å²) in [4.78, 5) is 14.4. The second kappa shape index (κ2) is 7.47. The third-order valence-electron chi connectivity index (χ3n) is 5.14. The summed E-state index contributed by atoms with van der Waals surface area (Å²) in [6.07, 6.45) is 6.30. The summed E-state index contributed by atoms with van der Waals surface area (Å²) in [6.45, 7) is 2.09. The molecule has 0 saturated carbocycles. The molecule has 0 aromatic heterocycles. The van der Waals surface area contributed by atoms with Crippen LogP contribution in [0.15, 0.2) is 24.3 Å². The van der Waals surface area contributed by atoms with Crippen molar-refractivity contribution in [2.45, 2.75) is 63.6 Å². The largest absolute Gasteiger partial charge is 0.343 e. The zero-order valence-electron chi connectivity index (χ0n) is 13.5. The van der Waals surface area contributed by atoms with Crippen LogP contribution in [-0.4, -0.2) is 36.0 Å². The molecule has 2 aliphatic heterocycles. The Kier molecular flexibility index (Phi) is 5.87. The van der Waals surface area contributed by atoms with Gasteiger partial charge in [0.2, 0.25) is 5.91 Å². The first-order valence-corrected chi connectivity index (χ1v) is 8.19. The molecule has 2 bridgehead atoms. The monoisotopic (exact) mass is 322 g/mol. The molecule has 4 heteroatoms. The van der Waals surface area contributed by atoms with Crippen LogP contribution < -0.4 is 5.32 Å². The molecule has 3 nitrogen and oxygen atoms in total. The Hall–Kier alpha value is -1.06. The Morgan fingerprint density at radius 1 is 1.18 bits per heavy atom. The predicted octanol–water partition coefficient (Wildman–Crippen LogP) is 3.09. The van der Waals surface area contributed by atoms with E-state index in [1.165, 1.54) is 24.0 Å². The maximum Gasteiger partial charge on any atom is 0.222 e. The summed E-state index contributed by atoms with van der Waals surface area (Å²) in [5.41, 5.74) is 2.53. The van der Waals surface area contributed by atoms with Crippen molar-refractivity contribution in [3.63, 3.8) is 0 Å². The van der Waals surface area contributed by atoms with Crippen LogP contribution in [0.5, 0.6) is 0 Å². The third-order valence-corrected chi connectivity index (χ3v) is 5.14. The van der Waals surface area contributed by atoms with Gasteiger partial charge in [0.15, 0.2) is 0 Å². The standard InChI is InChI=1S/C18H26N2O.ClH/c1-13-3-5-14(6-4-13)7-10-18(21)20(2)17-11-15-8-9-16(12-17)19-15;/h3-6,15-17,19H,7-12H2,1-2H3;1H. The van der Waals surface area contributed by atoms with E-state index in [0.717, 1.165) is 19.3 Å². The van der Waals surface area contributed by atoms with Crippen molar-refractivity contribution in [1.82, 2.24) is 10.2 Å². The van der Waals surface area contributed by atoms with Crippen LogP contribution in [0.25, 0.3) is 0 Å². The first-order chi connectivity index (χ1) is 10.1. The minimum absolute atomic E-state index is 0. The number of carbonyl (C=O) groups is 1. The van der Waals surface area contributed by atoms with Crippen molar-refractivity contribution < 1.29 is 4.79 Å². The third kappa shape index (κ3) is 4.02. The molecule has 3 rings (SSSR count). The Morgan fingerprint density at radius 2 is 1.77 bits per heavy atom. The Bertz CT molecular complexity index is 490. The molecule has 2 heterocycles. The lowest BCUT2D eigenvalue weighted by molar-refractivity contribution is -0.132. The van der Waals surface area contributed by atoms with Gasteiger partial charge in [0.1, 0.15) is 0 Å². The number of nitrogens with one attached hydrogen (secondary N) is 1. The normalized spacial score (nSPS) is 26.4. The molecule has 2 saturated heterocycles. The topological polar surface area (TPSA) is 32.3 Å². The van der Waals surface area contributed by atoms with Crippen LogP contribution in [0.4, 0.5) is 0 Å². The van der Waals surface area contributed by atoms with Gasteiger partial charge in [0.05, 0.1) is 0 Å². The average Bonchev–Trinajstić information content (AvgIpc) is 2.84. The maximum absolute atomic E-state index is 12.4. The number of hydrogen-bond acceptors (Lipinski definition) is 2. The number of piperidine rings is 1. The van der Waals surface area contributed by atoms with Gasteiger partial charge in [-0.25, -0.2) is 0 Å². The summed E-state index contributed by atoms with van der Waals surface area (Å²) in [5.74, 6) is 0.293. The Morgan fingerprint density at radius 3 is 2.36 bits per heavy atom. The summed E-state index contributed by atoms with van der Waals surface area (Å²) in [6, 6.07) is 10.2. The lowest BCUT2D eigenvalue weighted by Crippen LogP contribution is -2.48. The number of aryl methyl sites for hydroxylation is 2. The molecule has 0 spiro atoms. The van der Waals surface area contributed by atoms with E-state index in [4.69, 9.17) is 0 Å². The molecule has 1 N–H and O–H groups in total. The van der Waals surface area contributed by atoms with E-state index >= 15 is 0 Å². The first-order valence-electron chi connectivity index (χ1n) is 8.19. The van der Waals surface area contributed by atoms with E-state index in [0.29, 0.717) is 30.5 Å². The van der Waals surface area contributed by atoms with Gasteiger partial charge in [-0.1, -0.05) is 29.8 Å². The van der Waals surface area contributed by atoms with Crippen molar-refractivity contribution in [3.8, 4) is 0 Å². The number of halogens is 1. The lowest BCUT2D eigenvalue weighted by atomic mass is 9.98. The van der Waals surface area contributed by atoms with E-state index < -0.39 is 0 Å². The van der Waals surface area contributed by atoms with Gasteiger partial charge in [-0.05, 0) is 44.6 Å². The number of carbonyl (C=O) groups excluding carboxylic acids is 1. The summed E-state index contributed by atoms with van der Waals surface area (Å²) >= 11 is 0.